The Bertz CT molecular complexity index is 1250. The average molecular weight is 429 g/mol. The van der Waals surface area contributed by atoms with E-state index in [1.807, 2.05) is 37.3 Å². The Hall–Kier alpha value is -3.85. The third kappa shape index (κ3) is 4.15. The number of H-pyrrole nitrogens is 1. The van der Waals surface area contributed by atoms with Gasteiger partial charge in [-0.05, 0) is 24.3 Å². The second-order valence-electron chi connectivity index (χ2n) is 7.51. The summed E-state index contributed by atoms with van der Waals surface area (Å²) in [7, 11) is 0. The number of pyridine rings is 1. The number of fused-ring (bicyclic) bond motifs is 1. The van der Waals surface area contributed by atoms with Crippen molar-refractivity contribution in [3.05, 3.63) is 54.6 Å². The molecule has 32 heavy (non-hydrogen) atoms. The van der Waals surface area contributed by atoms with Crippen LogP contribution in [0.4, 0.5) is 17.5 Å². The maximum atomic E-state index is 11.9. The number of carbonyl (C=O) groups is 1. The van der Waals surface area contributed by atoms with Crippen molar-refractivity contribution in [2.24, 2.45) is 0 Å². The van der Waals surface area contributed by atoms with E-state index in [1.54, 1.807) is 18.6 Å². The van der Waals surface area contributed by atoms with Gasteiger partial charge in [-0.25, -0.2) is 9.97 Å². The number of aromatic amines is 1. The summed E-state index contributed by atoms with van der Waals surface area (Å²) in [6.07, 6.45) is 3.76. The van der Waals surface area contributed by atoms with Crippen LogP contribution in [0.5, 0.6) is 0 Å². The van der Waals surface area contributed by atoms with Gasteiger partial charge in [0, 0.05) is 31.1 Å². The number of ketones is 1. The van der Waals surface area contributed by atoms with Crippen LogP contribution < -0.4 is 10.2 Å². The number of nitrogens with one attached hydrogen (secondary N) is 2. The van der Waals surface area contributed by atoms with E-state index in [2.05, 4.69) is 25.2 Å². The summed E-state index contributed by atoms with van der Waals surface area (Å²) in [5.41, 5.74) is 4.82. The lowest BCUT2D eigenvalue weighted by atomic mass is 10.1. The summed E-state index contributed by atoms with van der Waals surface area (Å²) in [4.78, 5) is 35.3. The molecule has 1 aromatic carbocycles. The van der Waals surface area contributed by atoms with Crippen molar-refractivity contribution in [3.8, 4) is 11.3 Å². The largest absolute Gasteiger partial charge is 0.378 e. The molecule has 1 saturated heterocycles. The summed E-state index contributed by atoms with van der Waals surface area (Å²) < 4.78 is 5.48. The molecule has 1 aliphatic rings. The Morgan fingerprint density at radius 2 is 2.00 bits per heavy atom. The average Bonchev–Trinajstić information content (AvgIpc) is 3.32. The van der Waals surface area contributed by atoms with Crippen molar-refractivity contribution in [3.63, 3.8) is 0 Å². The molecule has 2 N–H and O–H groups in total. The van der Waals surface area contributed by atoms with E-state index in [0.29, 0.717) is 37.1 Å². The third-order valence-electron chi connectivity index (χ3n) is 5.37. The van der Waals surface area contributed by atoms with Gasteiger partial charge in [0.1, 0.15) is 11.5 Å². The molecule has 0 unspecified atom stereocenters. The number of nitrogens with zero attached hydrogens (tertiary/aromatic N) is 5. The maximum Gasteiger partial charge on any atom is 0.228 e. The van der Waals surface area contributed by atoms with Gasteiger partial charge in [0.2, 0.25) is 5.95 Å². The highest BCUT2D eigenvalue weighted by atomic mass is 16.5. The number of morpholine rings is 1. The molecule has 0 amide bonds. The van der Waals surface area contributed by atoms with Crippen LogP contribution in [0.2, 0.25) is 0 Å². The first-order chi connectivity index (χ1) is 15.7. The SMILES string of the molecule is CCC(=O)c1ccc(Nc2cc(-c3ccc4nc[nH]c4c3)nc(N3CCOCC3)n2)cn1. The first kappa shape index (κ1) is 20.1. The van der Waals surface area contributed by atoms with Gasteiger partial charge < -0.3 is 19.9 Å². The van der Waals surface area contributed by atoms with Crippen molar-refractivity contribution >= 4 is 34.3 Å². The summed E-state index contributed by atoms with van der Waals surface area (Å²) in [6, 6.07) is 11.5. The molecule has 9 heteroatoms. The minimum Gasteiger partial charge on any atom is -0.378 e. The predicted octanol–water partition coefficient (Wildman–Crippen LogP) is 3.59. The fourth-order valence-corrected chi connectivity index (χ4v) is 3.61. The van der Waals surface area contributed by atoms with Crippen LogP contribution >= 0.6 is 0 Å². The van der Waals surface area contributed by atoms with Crippen molar-refractivity contribution in [1.82, 2.24) is 24.9 Å². The van der Waals surface area contributed by atoms with Gasteiger partial charge in [-0.15, -0.1) is 0 Å². The number of carbonyl (C=O) groups excluding carboxylic acids is 1. The summed E-state index contributed by atoms with van der Waals surface area (Å²) in [5, 5.41) is 3.31. The zero-order chi connectivity index (χ0) is 21.9. The molecule has 0 bridgehead atoms. The number of hydrogen-bond acceptors (Lipinski definition) is 8. The number of aromatic nitrogens is 5. The normalized spacial score (nSPS) is 14.0. The van der Waals surface area contributed by atoms with Gasteiger partial charge in [-0.2, -0.15) is 4.98 Å². The quantitative estimate of drug-likeness (QED) is 0.448. The van der Waals surface area contributed by atoms with E-state index in [1.165, 1.54) is 0 Å². The van der Waals surface area contributed by atoms with E-state index in [0.717, 1.165) is 41.1 Å². The van der Waals surface area contributed by atoms with Crippen LogP contribution in [-0.2, 0) is 4.74 Å². The van der Waals surface area contributed by atoms with Gasteiger partial charge in [-0.3, -0.25) is 9.78 Å². The summed E-state index contributed by atoms with van der Waals surface area (Å²) >= 11 is 0. The number of anilines is 3. The molecule has 0 spiro atoms. The Kier molecular flexibility index (Phi) is 5.47. The number of benzene rings is 1. The highest BCUT2D eigenvalue weighted by Crippen LogP contribution is 2.27. The predicted molar refractivity (Wildman–Crippen MR) is 122 cm³/mol. The Morgan fingerprint density at radius 1 is 1.12 bits per heavy atom. The molecule has 5 rings (SSSR count). The van der Waals surface area contributed by atoms with E-state index in [-0.39, 0.29) is 5.78 Å². The van der Waals surface area contributed by atoms with Gasteiger partial charge in [0.15, 0.2) is 5.78 Å². The van der Waals surface area contributed by atoms with Gasteiger partial charge in [-0.1, -0.05) is 13.0 Å². The Labute approximate surface area is 184 Å². The molecule has 1 aliphatic heterocycles. The molecule has 9 nitrogen and oxygen atoms in total. The van der Waals surface area contributed by atoms with Gasteiger partial charge in [0.25, 0.3) is 0 Å². The second-order valence-corrected chi connectivity index (χ2v) is 7.51. The van der Waals surface area contributed by atoms with Crippen LogP contribution in [0.3, 0.4) is 0 Å². The topological polar surface area (TPSA) is 109 Å². The lowest BCUT2D eigenvalue weighted by Crippen LogP contribution is -2.37. The molecule has 4 heterocycles. The lowest BCUT2D eigenvalue weighted by Gasteiger charge is -2.27. The minimum atomic E-state index is 0.0182. The van der Waals surface area contributed by atoms with Crippen LogP contribution in [-0.4, -0.2) is 57.0 Å². The van der Waals surface area contributed by atoms with Gasteiger partial charge >= 0.3 is 0 Å². The highest BCUT2D eigenvalue weighted by molar-refractivity contribution is 5.94. The monoisotopic (exact) mass is 429 g/mol. The standard InChI is InChI=1S/C23H23N7O2/c1-2-21(31)18-6-4-16(13-24-18)27-22-12-19(15-3-5-17-20(11-15)26-14-25-17)28-23(29-22)30-7-9-32-10-8-30/h3-6,11-14H,2,7-10H2,1H3,(H,25,26)(H,27,28,29). The second kappa shape index (κ2) is 8.72. The van der Waals surface area contributed by atoms with Crippen LogP contribution in [0.15, 0.2) is 48.9 Å². The van der Waals surface area contributed by atoms with Crippen molar-refractivity contribution in [1.29, 1.82) is 0 Å². The molecule has 0 radical (unpaired) electrons. The van der Waals surface area contributed by atoms with E-state index in [4.69, 9.17) is 14.7 Å². The molecule has 0 aliphatic carbocycles. The number of ether oxygens (including phenoxy) is 1. The maximum absolute atomic E-state index is 11.9. The van der Waals surface area contributed by atoms with Crippen LogP contribution in [0.1, 0.15) is 23.8 Å². The first-order valence-corrected chi connectivity index (χ1v) is 10.6. The minimum absolute atomic E-state index is 0.0182. The highest BCUT2D eigenvalue weighted by Gasteiger charge is 2.17. The van der Waals surface area contributed by atoms with Crippen molar-refractivity contribution in [2.45, 2.75) is 13.3 Å². The number of imidazole rings is 1. The Balaban J connectivity index is 1.50. The number of Topliss-reactive ketones (excluding diaryl/α,β-unsaturated/α-hetero) is 1. The fourth-order valence-electron chi connectivity index (χ4n) is 3.61. The molecular formula is C23H23N7O2. The lowest BCUT2D eigenvalue weighted by molar-refractivity contribution is 0.0983. The van der Waals surface area contributed by atoms with Crippen LogP contribution in [0, 0.1) is 0 Å². The molecule has 4 aromatic rings. The molecule has 3 aromatic heterocycles. The molecular weight excluding hydrogens is 406 g/mol. The van der Waals surface area contributed by atoms with Crippen LogP contribution in [0.25, 0.3) is 22.3 Å². The zero-order valence-corrected chi connectivity index (χ0v) is 17.7. The first-order valence-electron chi connectivity index (χ1n) is 10.6. The van der Waals surface area contributed by atoms with E-state index >= 15 is 0 Å². The molecule has 162 valence electrons. The summed E-state index contributed by atoms with van der Waals surface area (Å²) in [5.74, 6) is 1.31. The van der Waals surface area contributed by atoms with E-state index < -0.39 is 0 Å². The molecule has 1 fully saturated rings. The third-order valence-corrected chi connectivity index (χ3v) is 5.37. The van der Waals surface area contributed by atoms with Gasteiger partial charge in [0.05, 0.1) is 48.2 Å². The number of hydrogen-bond donors (Lipinski definition) is 2. The van der Waals surface area contributed by atoms with E-state index in [9.17, 15) is 4.79 Å². The molecule has 0 atom stereocenters. The van der Waals surface area contributed by atoms with Crippen molar-refractivity contribution in [2.75, 3.05) is 36.5 Å². The summed E-state index contributed by atoms with van der Waals surface area (Å²) in [6.45, 7) is 4.59. The fraction of sp³-hybridized carbons (Fsp3) is 0.261. The van der Waals surface area contributed by atoms with Crippen molar-refractivity contribution < 1.29 is 9.53 Å². The number of rotatable bonds is 6. The zero-order valence-electron chi connectivity index (χ0n) is 17.7. The Morgan fingerprint density at radius 3 is 2.78 bits per heavy atom. The molecule has 0 saturated carbocycles. The smallest absolute Gasteiger partial charge is 0.228 e.